The van der Waals surface area contributed by atoms with Gasteiger partial charge in [0.1, 0.15) is 18.0 Å². The van der Waals surface area contributed by atoms with E-state index in [9.17, 15) is 4.79 Å². The second kappa shape index (κ2) is 5.54. The van der Waals surface area contributed by atoms with E-state index in [1.54, 1.807) is 41.6 Å². The molecular formula is C15H13N5O. The van der Waals surface area contributed by atoms with Gasteiger partial charge in [-0.15, -0.1) is 0 Å². The highest BCUT2D eigenvalue weighted by Crippen LogP contribution is 2.12. The summed E-state index contributed by atoms with van der Waals surface area (Å²) in [5.74, 6) is 1.03. The minimum atomic E-state index is -0.235. The molecule has 104 valence electrons. The minimum Gasteiger partial charge on any atom is -0.306 e. The Hall–Kier alpha value is -3.02. The number of nitrogens with zero attached hydrogens (tertiary/aromatic N) is 4. The SMILES string of the molecule is Cc1cccnc1NC(=O)c1ccc(-n2ccnc2)nc1. The number of rotatable bonds is 3. The largest absolute Gasteiger partial charge is 0.306 e. The molecule has 1 amide bonds. The number of nitrogens with one attached hydrogen (secondary N) is 1. The maximum Gasteiger partial charge on any atom is 0.258 e. The topological polar surface area (TPSA) is 72.7 Å². The number of pyridine rings is 2. The van der Waals surface area contributed by atoms with Crippen molar-refractivity contribution in [2.75, 3.05) is 5.32 Å². The van der Waals surface area contributed by atoms with Crippen LogP contribution in [0.2, 0.25) is 0 Å². The molecule has 0 atom stereocenters. The number of hydrogen-bond acceptors (Lipinski definition) is 4. The number of carbonyl (C=O) groups is 1. The zero-order valence-electron chi connectivity index (χ0n) is 11.4. The molecule has 0 saturated heterocycles. The lowest BCUT2D eigenvalue weighted by atomic mass is 10.2. The van der Waals surface area contributed by atoms with Crippen molar-refractivity contribution in [1.29, 1.82) is 0 Å². The van der Waals surface area contributed by atoms with Gasteiger partial charge in [-0.05, 0) is 30.7 Å². The Balaban J connectivity index is 1.78. The predicted octanol–water partition coefficient (Wildman–Crippen LogP) is 2.22. The molecule has 6 heteroatoms. The van der Waals surface area contributed by atoms with Crippen molar-refractivity contribution in [2.45, 2.75) is 6.92 Å². The Bertz CT molecular complexity index is 750. The van der Waals surface area contributed by atoms with E-state index in [1.165, 1.54) is 6.20 Å². The fourth-order valence-electron chi connectivity index (χ4n) is 1.86. The fourth-order valence-corrected chi connectivity index (χ4v) is 1.86. The Morgan fingerprint density at radius 3 is 2.76 bits per heavy atom. The molecule has 3 aromatic heterocycles. The summed E-state index contributed by atoms with van der Waals surface area (Å²) in [5.41, 5.74) is 1.39. The maximum absolute atomic E-state index is 12.2. The summed E-state index contributed by atoms with van der Waals surface area (Å²) in [6.45, 7) is 1.89. The maximum atomic E-state index is 12.2. The molecule has 0 fully saturated rings. The van der Waals surface area contributed by atoms with Crippen LogP contribution < -0.4 is 5.32 Å². The second-order valence-electron chi connectivity index (χ2n) is 4.50. The lowest BCUT2D eigenvalue weighted by Crippen LogP contribution is -2.14. The van der Waals surface area contributed by atoms with Crippen LogP contribution in [-0.2, 0) is 0 Å². The minimum absolute atomic E-state index is 0.235. The summed E-state index contributed by atoms with van der Waals surface area (Å²) in [7, 11) is 0. The van der Waals surface area contributed by atoms with Gasteiger partial charge in [0.2, 0.25) is 0 Å². The van der Waals surface area contributed by atoms with Crippen molar-refractivity contribution in [3.8, 4) is 5.82 Å². The number of aromatic nitrogens is 4. The average Bonchev–Trinajstić information content (AvgIpc) is 3.04. The first kappa shape index (κ1) is 13.0. The third-order valence-electron chi connectivity index (χ3n) is 3.02. The van der Waals surface area contributed by atoms with Crippen LogP contribution in [-0.4, -0.2) is 25.4 Å². The van der Waals surface area contributed by atoms with E-state index in [4.69, 9.17) is 0 Å². The predicted molar refractivity (Wildman–Crippen MR) is 78.3 cm³/mol. The summed E-state index contributed by atoms with van der Waals surface area (Å²) in [5, 5.41) is 2.77. The first-order valence-electron chi connectivity index (χ1n) is 6.41. The number of imidazole rings is 1. The highest BCUT2D eigenvalue weighted by molar-refractivity contribution is 6.03. The van der Waals surface area contributed by atoms with Gasteiger partial charge in [0.15, 0.2) is 0 Å². The summed E-state index contributed by atoms with van der Waals surface area (Å²) in [6, 6.07) is 7.20. The molecule has 3 heterocycles. The van der Waals surface area contributed by atoms with Crippen molar-refractivity contribution in [3.05, 3.63) is 66.5 Å². The number of amides is 1. The van der Waals surface area contributed by atoms with E-state index in [0.717, 1.165) is 5.56 Å². The highest BCUT2D eigenvalue weighted by atomic mass is 16.1. The van der Waals surface area contributed by atoms with Crippen molar-refractivity contribution < 1.29 is 4.79 Å². The van der Waals surface area contributed by atoms with Crippen LogP contribution in [0.25, 0.3) is 5.82 Å². The third kappa shape index (κ3) is 2.79. The van der Waals surface area contributed by atoms with Crippen LogP contribution >= 0.6 is 0 Å². The molecule has 0 radical (unpaired) electrons. The molecule has 0 aliphatic carbocycles. The van der Waals surface area contributed by atoms with Gasteiger partial charge in [-0.25, -0.2) is 15.0 Å². The zero-order valence-corrected chi connectivity index (χ0v) is 11.4. The van der Waals surface area contributed by atoms with Gasteiger partial charge < -0.3 is 5.32 Å². The summed E-state index contributed by atoms with van der Waals surface area (Å²) in [6.07, 6.45) is 8.29. The summed E-state index contributed by atoms with van der Waals surface area (Å²) < 4.78 is 1.77. The molecule has 0 aliphatic heterocycles. The number of carbonyl (C=O) groups excluding carboxylic acids is 1. The highest BCUT2D eigenvalue weighted by Gasteiger charge is 2.09. The Morgan fingerprint density at radius 1 is 1.19 bits per heavy atom. The molecule has 0 saturated carbocycles. The van der Waals surface area contributed by atoms with Gasteiger partial charge in [-0.1, -0.05) is 6.07 Å². The van der Waals surface area contributed by atoms with Crippen LogP contribution in [0.1, 0.15) is 15.9 Å². The van der Waals surface area contributed by atoms with E-state index in [1.807, 2.05) is 19.1 Å². The molecule has 21 heavy (non-hydrogen) atoms. The van der Waals surface area contributed by atoms with E-state index >= 15 is 0 Å². The standard InChI is InChI=1S/C15H13N5O/c1-11-3-2-6-17-14(11)19-15(21)12-4-5-13(18-9-12)20-8-7-16-10-20/h2-10H,1H3,(H,17,19,21). The monoisotopic (exact) mass is 279 g/mol. The first-order valence-corrected chi connectivity index (χ1v) is 6.41. The smallest absolute Gasteiger partial charge is 0.258 e. The van der Waals surface area contributed by atoms with Crippen LogP contribution in [0, 0.1) is 6.92 Å². The van der Waals surface area contributed by atoms with Crippen molar-refractivity contribution >= 4 is 11.7 Å². The third-order valence-corrected chi connectivity index (χ3v) is 3.02. The quantitative estimate of drug-likeness (QED) is 0.798. The Labute approximate surface area is 121 Å². The second-order valence-corrected chi connectivity index (χ2v) is 4.50. The van der Waals surface area contributed by atoms with Gasteiger partial charge in [0.05, 0.1) is 5.56 Å². The molecular weight excluding hydrogens is 266 g/mol. The lowest BCUT2D eigenvalue weighted by Gasteiger charge is -2.07. The van der Waals surface area contributed by atoms with E-state index in [-0.39, 0.29) is 5.91 Å². The summed E-state index contributed by atoms with van der Waals surface area (Å²) >= 11 is 0. The molecule has 3 aromatic rings. The molecule has 1 N–H and O–H groups in total. The Kier molecular flexibility index (Phi) is 3.42. The van der Waals surface area contributed by atoms with E-state index in [0.29, 0.717) is 17.2 Å². The molecule has 0 aliphatic rings. The number of anilines is 1. The van der Waals surface area contributed by atoms with Crippen LogP contribution in [0.15, 0.2) is 55.4 Å². The number of hydrogen-bond donors (Lipinski definition) is 1. The van der Waals surface area contributed by atoms with Crippen LogP contribution in [0.3, 0.4) is 0 Å². The van der Waals surface area contributed by atoms with Gasteiger partial charge in [0.25, 0.3) is 5.91 Å². The zero-order chi connectivity index (χ0) is 14.7. The van der Waals surface area contributed by atoms with Gasteiger partial charge >= 0.3 is 0 Å². The first-order chi connectivity index (χ1) is 10.2. The van der Waals surface area contributed by atoms with E-state index < -0.39 is 0 Å². The van der Waals surface area contributed by atoms with Crippen LogP contribution in [0.4, 0.5) is 5.82 Å². The molecule has 0 bridgehead atoms. The van der Waals surface area contributed by atoms with Crippen molar-refractivity contribution in [1.82, 2.24) is 19.5 Å². The van der Waals surface area contributed by atoms with Crippen LogP contribution in [0.5, 0.6) is 0 Å². The summed E-state index contributed by atoms with van der Waals surface area (Å²) in [4.78, 5) is 24.5. The van der Waals surface area contributed by atoms with Gasteiger partial charge in [-0.3, -0.25) is 9.36 Å². The molecule has 0 spiro atoms. The normalized spacial score (nSPS) is 10.3. The Morgan fingerprint density at radius 2 is 2.10 bits per heavy atom. The average molecular weight is 279 g/mol. The lowest BCUT2D eigenvalue weighted by molar-refractivity contribution is 0.102. The molecule has 0 aromatic carbocycles. The molecule has 0 unspecified atom stereocenters. The molecule has 6 nitrogen and oxygen atoms in total. The van der Waals surface area contributed by atoms with Gasteiger partial charge in [0, 0.05) is 24.8 Å². The van der Waals surface area contributed by atoms with Crippen molar-refractivity contribution in [2.24, 2.45) is 0 Å². The van der Waals surface area contributed by atoms with Crippen molar-refractivity contribution in [3.63, 3.8) is 0 Å². The fraction of sp³-hybridized carbons (Fsp3) is 0.0667. The number of aryl methyl sites for hydroxylation is 1. The van der Waals surface area contributed by atoms with Gasteiger partial charge in [-0.2, -0.15) is 0 Å². The van der Waals surface area contributed by atoms with E-state index in [2.05, 4.69) is 20.3 Å². The molecule has 3 rings (SSSR count).